The number of hydrogen-bond donors (Lipinski definition) is 1. The van der Waals surface area contributed by atoms with E-state index in [0.29, 0.717) is 5.82 Å². The Hall–Kier alpha value is -2.84. The smallest absolute Gasteiger partial charge is 0.212 e. The highest BCUT2D eigenvalue weighted by Gasteiger charge is 2.35. The molecular formula is C24H31N5O2S. The highest BCUT2D eigenvalue weighted by molar-refractivity contribution is 7.90. The Balaban J connectivity index is 0.000000243. The lowest BCUT2D eigenvalue weighted by molar-refractivity contribution is 0.455. The summed E-state index contributed by atoms with van der Waals surface area (Å²) in [6, 6.07) is 18.5. The number of nitrogens with zero attached hydrogens (tertiary/aromatic N) is 4. The van der Waals surface area contributed by atoms with Gasteiger partial charge in [-0.15, -0.1) is 10.2 Å². The van der Waals surface area contributed by atoms with E-state index in [1.165, 1.54) is 0 Å². The fraction of sp³-hybridized carbons (Fsp3) is 0.375. The highest BCUT2D eigenvalue weighted by atomic mass is 32.2. The predicted octanol–water partition coefficient (Wildman–Crippen LogP) is 4.57. The molecule has 0 spiro atoms. The van der Waals surface area contributed by atoms with E-state index in [1.807, 2.05) is 64.1 Å². The number of benzene rings is 2. The van der Waals surface area contributed by atoms with Crippen LogP contribution in [0, 0.1) is 0 Å². The van der Waals surface area contributed by atoms with E-state index in [4.69, 9.17) is 0 Å². The van der Waals surface area contributed by atoms with Crippen molar-refractivity contribution < 1.29 is 8.42 Å². The van der Waals surface area contributed by atoms with Crippen LogP contribution in [0.25, 0.3) is 23.5 Å². The van der Waals surface area contributed by atoms with E-state index >= 15 is 0 Å². The molecule has 0 bridgehead atoms. The molecule has 0 unspecified atom stereocenters. The molecule has 0 amide bonds. The average molecular weight is 454 g/mol. The normalized spacial score (nSPS) is 14.1. The van der Waals surface area contributed by atoms with Crippen LogP contribution < -0.4 is 4.72 Å². The lowest BCUT2D eigenvalue weighted by atomic mass is 10.1. The molecule has 0 radical (unpaired) electrons. The maximum Gasteiger partial charge on any atom is 0.214 e. The average Bonchev–Trinajstić information content (AvgIpc) is 3.51. The highest BCUT2D eigenvalue weighted by Crippen LogP contribution is 2.27. The van der Waals surface area contributed by atoms with Crippen molar-refractivity contribution in [3.63, 3.8) is 0 Å². The molecule has 4 rings (SSSR count). The lowest BCUT2D eigenvalue weighted by Gasteiger charge is -2.07. The van der Waals surface area contributed by atoms with E-state index in [1.54, 1.807) is 4.80 Å². The molecule has 170 valence electrons. The summed E-state index contributed by atoms with van der Waals surface area (Å²) in [5.74, 6) is 0.655. The second-order valence-corrected chi connectivity index (χ2v) is 10.4. The molecule has 0 atom stereocenters. The van der Waals surface area contributed by atoms with Crippen molar-refractivity contribution in [3.05, 3.63) is 65.7 Å². The van der Waals surface area contributed by atoms with Crippen molar-refractivity contribution in [1.29, 1.82) is 0 Å². The molecule has 2 aromatic carbocycles. The summed E-state index contributed by atoms with van der Waals surface area (Å²) in [6.45, 7) is 7.74. The largest absolute Gasteiger partial charge is 0.214 e. The molecule has 3 aromatic rings. The van der Waals surface area contributed by atoms with Crippen LogP contribution >= 0.6 is 0 Å². The molecule has 1 saturated carbocycles. The zero-order valence-corrected chi connectivity index (χ0v) is 19.8. The summed E-state index contributed by atoms with van der Waals surface area (Å²) in [7, 11) is -2.94. The number of tetrazole rings is 1. The van der Waals surface area contributed by atoms with Crippen LogP contribution in [0.4, 0.5) is 0 Å². The SMILES string of the molecule is CC(C)NS(=O)(=O)C1CC1.CC(C)n1nnc(-c2ccccc2/C=C/c2ccccc2)n1. The van der Waals surface area contributed by atoms with Crippen molar-refractivity contribution in [1.82, 2.24) is 24.9 Å². The van der Waals surface area contributed by atoms with Gasteiger partial charge in [-0.2, -0.15) is 4.80 Å². The summed E-state index contributed by atoms with van der Waals surface area (Å²) in [5.41, 5.74) is 3.23. The van der Waals surface area contributed by atoms with Gasteiger partial charge in [0.2, 0.25) is 15.8 Å². The summed E-state index contributed by atoms with van der Waals surface area (Å²) in [6.07, 6.45) is 5.84. The van der Waals surface area contributed by atoms with Crippen molar-refractivity contribution >= 4 is 22.2 Å². The number of nitrogens with one attached hydrogen (secondary N) is 1. The molecular weight excluding hydrogens is 422 g/mol. The minimum Gasteiger partial charge on any atom is -0.212 e. The number of aromatic nitrogens is 4. The first-order chi connectivity index (χ1) is 15.3. The van der Waals surface area contributed by atoms with Crippen LogP contribution in [-0.4, -0.2) is 39.9 Å². The Morgan fingerprint density at radius 1 is 0.969 bits per heavy atom. The molecule has 1 aliphatic carbocycles. The predicted molar refractivity (Wildman–Crippen MR) is 129 cm³/mol. The Morgan fingerprint density at radius 3 is 2.22 bits per heavy atom. The minimum absolute atomic E-state index is 0.0330. The van der Waals surface area contributed by atoms with Crippen molar-refractivity contribution in [3.8, 4) is 11.4 Å². The van der Waals surface area contributed by atoms with E-state index < -0.39 is 10.0 Å². The fourth-order valence-corrected chi connectivity index (χ4v) is 4.56. The van der Waals surface area contributed by atoms with Gasteiger partial charge in [-0.25, -0.2) is 13.1 Å². The summed E-state index contributed by atoms with van der Waals surface area (Å²) in [5, 5.41) is 12.6. The van der Waals surface area contributed by atoms with E-state index in [-0.39, 0.29) is 17.3 Å². The van der Waals surface area contributed by atoms with Crippen LogP contribution in [0.3, 0.4) is 0 Å². The molecule has 7 nitrogen and oxygen atoms in total. The van der Waals surface area contributed by atoms with Crippen LogP contribution in [0.2, 0.25) is 0 Å². The van der Waals surface area contributed by atoms with E-state index in [0.717, 1.165) is 29.5 Å². The van der Waals surface area contributed by atoms with Gasteiger partial charge >= 0.3 is 0 Å². The summed E-state index contributed by atoms with van der Waals surface area (Å²) < 4.78 is 24.7. The number of hydrogen-bond acceptors (Lipinski definition) is 5. The van der Waals surface area contributed by atoms with Gasteiger partial charge in [-0.1, -0.05) is 66.7 Å². The first-order valence-corrected chi connectivity index (χ1v) is 12.4. The molecule has 1 fully saturated rings. The van der Waals surface area contributed by atoms with Crippen LogP contribution in [-0.2, 0) is 10.0 Å². The van der Waals surface area contributed by atoms with Gasteiger partial charge in [0.25, 0.3) is 0 Å². The zero-order valence-electron chi connectivity index (χ0n) is 19.0. The number of sulfonamides is 1. The maximum atomic E-state index is 11.1. The molecule has 0 aliphatic heterocycles. The minimum atomic E-state index is -2.94. The second-order valence-electron chi connectivity index (χ2n) is 8.38. The van der Waals surface area contributed by atoms with Gasteiger partial charge in [0.15, 0.2) is 0 Å². The summed E-state index contributed by atoms with van der Waals surface area (Å²) >= 11 is 0. The topological polar surface area (TPSA) is 89.8 Å². The van der Waals surface area contributed by atoms with Crippen LogP contribution in [0.5, 0.6) is 0 Å². The van der Waals surface area contributed by atoms with Crippen LogP contribution in [0.15, 0.2) is 54.6 Å². The van der Waals surface area contributed by atoms with Gasteiger partial charge in [0.1, 0.15) is 0 Å². The third-order valence-electron chi connectivity index (χ3n) is 4.71. The third kappa shape index (κ3) is 6.83. The summed E-state index contributed by atoms with van der Waals surface area (Å²) in [4.78, 5) is 1.63. The maximum absolute atomic E-state index is 11.1. The fourth-order valence-electron chi connectivity index (χ4n) is 2.95. The Bertz CT molecular complexity index is 1130. The van der Waals surface area contributed by atoms with Crippen molar-refractivity contribution in [2.75, 3.05) is 0 Å². The molecule has 1 aromatic heterocycles. The van der Waals surface area contributed by atoms with Gasteiger partial charge in [0.05, 0.1) is 11.3 Å². The lowest BCUT2D eigenvalue weighted by Crippen LogP contribution is -2.32. The Morgan fingerprint density at radius 2 is 1.62 bits per heavy atom. The molecule has 8 heteroatoms. The standard InChI is InChI=1S/C18H18N4.C6H13NO2S/c1-14(2)22-20-18(19-21-22)17-11-7-6-10-16(17)13-12-15-8-4-3-5-9-15;1-5(2)7-10(8,9)6-3-4-6/h3-14H,1-2H3;5-7H,3-4H2,1-2H3/b13-12+;. The van der Waals surface area contributed by atoms with Gasteiger partial charge in [-0.3, -0.25) is 0 Å². The number of rotatable bonds is 7. The van der Waals surface area contributed by atoms with Gasteiger partial charge < -0.3 is 0 Å². The van der Waals surface area contributed by atoms with Gasteiger partial charge in [-0.05, 0) is 56.9 Å². The first-order valence-electron chi connectivity index (χ1n) is 10.9. The Kier molecular flexibility index (Phi) is 7.93. The van der Waals surface area contributed by atoms with Crippen molar-refractivity contribution in [2.24, 2.45) is 0 Å². The molecule has 1 aliphatic rings. The molecule has 32 heavy (non-hydrogen) atoms. The second kappa shape index (κ2) is 10.7. The van der Waals surface area contributed by atoms with Crippen LogP contribution in [0.1, 0.15) is 57.7 Å². The zero-order chi connectivity index (χ0) is 23.1. The van der Waals surface area contributed by atoms with Crippen molar-refractivity contribution in [2.45, 2.75) is 57.9 Å². The Labute approximate surface area is 190 Å². The molecule has 0 saturated heterocycles. The van der Waals surface area contributed by atoms with E-state index in [2.05, 4.69) is 50.5 Å². The molecule has 1 heterocycles. The first kappa shape index (κ1) is 23.8. The quantitative estimate of drug-likeness (QED) is 0.529. The monoisotopic (exact) mass is 453 g/mol. The third-order valence-corrected chi connectivity index (χ3v) is 6.86. The van der Waals surface area contributed by atoms with Gasteiger partial charge in [0, 0.05) is 11.6 Å². The molecule has 1 N–H and O–H groups in total. The van der Waals surface area contributed by atoms with E-state index in [9.17, 15) is 8.42 Å².